The highest BCUT2D eigenvalue weighted by Crippen LogP contribution is 2.31. The number of hydrogen-bond acceptors (Lipinski definition) is 7. The zero-order valence-electron chi connectivity index (χ0n) is 19.0. The van der Waals surface area contributed by atoms with Gasteiger partial charge in [0.25, 0.3) is 0 Å². The van der Waals surface area contributed by atoms with Crippen LogP contribution in [0.15, 0.2) is 30.5 Å². The van der Waals surface area contributed by atoms with E-state index in [0.29, 0.717) is 11.6 Å². The van der Waals surface area contributed by atoms with E-state index in [1.807, 2.05) is 32.2 Å². The zero-order valence-corrected chi connectivity index (χ0v) is 19.0. The molecule has 2 saturated heterocycles. The molecule has 4 heterocycles. The Morgan fingerprint density at radius 2 is 2.03 bits per heavy atom. The van der Waals surface area contributed by atoms with Crippen molar-refractivity contribution in [1.29, 1.82) is 5.26 Å². The molecule has 0 bridgehead atoms. The Hall–Kier alpha value is -3.24. The van der Waals surface area contributed by atoms with Gasteiger partial charge in [0.15, 0.2) is 5.82 Å². The fourth-order valence-corrected chi connectivity index (χ4v) is 5.17. The molecule has 1 aromatic carbocycles. The van der Waals surface area contributed by atoms with Crippen molar-refractivity contribution in [2.24, 2.45) is 0 Å². The molecule has 3 aromatic rings. The number of benzene rings is 1. The summed E-state index contributed by atoms with van der Waals surface area (Å²) in [6.07, 6.45) is 4.52. The molecule has 1 unspecified atom stereocenters. The molecule has 2 aromatic heterocycles. The summed E-state index contributed by atoms with van der Waals surface area (Å²) in [6.45, 7) is 10.4. The van der Waals surface area contributed by atoms with Gasteiger partial charge in [-0.25, -0.2) is 4.98 Å². The van der Waals surface area contributed by atoms with Crippen molar-refractivity contribution in [3.8, 4) is 6.07 Å². The van der Waals surface area contributed by atoms with E-state index < -0.39 is 0 Å². The number of rotatable bonds is 4. The average molecular weight is 428 g/mol. The molecule has 0 spiro atoms. The molecular formula is C25H29N7. The fraction of sp³-hybridized carbons (Fsp3) is 0.440. The Morgan fingerprint density at radius 3 is 2.88 bits per heavy atom. The molecular weight excluding hydrogens is 398 g/mol. The van der Waals surface area contributed by atoms with Gasteiger partial charge in [0, 0.05) is 42.6 Å². The molecule has 0 radical (unpaired) electrons. The highest BCUT2D eigenvalue weighted by molar-refractivity contribution is 5.94. The van der Waals surface area contributed by atoms with Crippen LogP contribution in [0.4, 0.5) is 11.6 Å². The zero-order chi connectivity index (χ0) is 22.2. The monoisotopic (exact) mass is 427 g/mol. The number of aromatic nitrogens is 3. The number of nitriles is 1. The van der Waals surface area contributed by atoms with E-state index in [9.17, 15) is 5.26 Å². The van der Waals surface area contributed by atoms with Crippen LogP contribution in [0.5, 0.6) is 0 Å². The highest BCUT2D eigenvalue weighted by Gasteiger charge is 2.31. The van der Waals surface area contributed by atoms with Gasteiger partial charge in [0.2, 0.25) is 0 Å². The lowest BCUT2D eigenvalue weighted by Crippen LogP contribution is -2.50. The third-order valence-electron chi connectivity index (χ3n) is 7.06. The topological polar surface area (TPSA) is 81.0 Å². The first-order chi connectivity index (χ1) is 15.5. The summed E-state index contributed by atoms with van der Waals surface area (Å²) < 4.78 is 0. The summed E-state index contributed by atoms with van der Waals surface area (Å²) in [5.41, 5.74) is 3.66. The van der Waals surface area contributed by atoms with Crippen LogP contribution in [-0.4, -0.2) is 52.3 Å². The summed E-state index contributed by atoms with van der Waals surface area (Å²) in [7, 11) is 0. The van der Waals surface area contributed by atoms with E-state index in [1.54, 1.807) is 0 Å². The number of fused-ring (bicyclic) bond motifs is 2. The molecule has 1 N–H and O–H groups in total. The first-order valence-electron chi connectivity index (χ1n) is 11.4. The van der Waals surface area contributed by atoms with Gasteiger partial charge in [-0.05, 0) is 63.4 Å². The number of anilines is 2. The normalized spacial score (nSPS) is 19.6. The molecule has 7 heteroatoms. The predicted octanol–water partition coefficient (Wildman–Crippen LogP) is 3.97. The Balaban J connectivity index is 1.47. The van der Waals surface area contributed by atoms with Crippen LogP contribution in [0.3, 0.4) is 0 Å². The second kappa shape index (κ2) is 8.36. The number of hydrogen-bond donors (Lipinski definition) is 1. The van der Waals surface area contributed by atoms with Crippen molar-refractivity contribution in [2.45, 2.75) is 45.7 Å². The number of nitrogens with zero attached hydrogens (tertiary/aromatic N) is 6. The van der Waals surface area contributed by atoms with Crippen LogP contribution in [0.2, 0.25) is 0 Å². The van der Waals surface area contributed by atoms with Crippen LogP contribution < -0.4 is 10.2 Å². The van der Waals surface area contributed by atoms with Crippen LogP contribution in [0, 0.1) is 25.2 Å². The molecule has 7 nitrogen and oxygen atoms in total. The van der Waals surface area contributed by atoms with Crippen molar-refractivity contribution < 1.29 is 0 Å². The van der Waals surface area contributed by atoms with Gasteiger partial charge in [-0.2, -0.15) is 10.4 Å². The van der Waals surface area contributed by atoms with Crippen LogP contribution in [-0.2, 0) is 0 Å². The maximum atomic E-state index is 9.39. The Kier molecular flexibility index (Phi) is 5.40. The molecule has 2 atom stereocenters. The molecule has 2 aliphatic rings. The molecule has 0 saturated carbocycles. The SMILES string of the molecule is Cc1c(C#N)cccc1[C@@H](C)Nc1nnc(C)c2cnc(N3CCN4CCCC4C3)cc12. The van der Waals surface area contributed by atoms with E-state index >= 15 is 0 Å². The van der Waals surface area contributed by atoms with Gasteiger partial charge >= 0.3 is 0 Å². The Morgan fingerprint density at radius 1 is 1.16 bits per heavy atom. The third kappa shape index (κ3) is 3.65. The highest BCUT2D eigenvalue weighted by atomic mass is 15.3. The van der Waals surface area contributed by atoms with E-state index in [2.05, 4.69) is 50.4 Å². The van der Waals surface area contributed by atoms with E-state index in [4.69, 9.17) is 4.98 Å². The molecule has 2 fully saturated rings. The standard InChI is InChI=1S/C25H29N7/c1-16-19(13-26)6-4-8-21(16)17(2)28-25-22-12-24(27-14-23(22)18(3)29-30-25)32-11-10-31-9-5-7-20(31)15-32/h4,6,8,12,14,17,20H,5,7,9-11,15H2,1-3H3,(H,28,30)/t17-,20?/m1/s1. The fourth-order valence-electron chi connectivity index (χ4n) is 5.17. The quantitative estimate of drug-likeness (QED) is 0.675. The molecule has 164 valence electrons. The molecule has 2 aliphatic heterocycles. The minimum absolute atomic E-state index is 0.0119. The van der Waals surface area contributed by atoms with Crippen molar-refractivity contribution in [2.75, 3.05) is 36.4 Å². The largest absolute Gasteiger partial charge is 0.362 e. The van der Waals surface area contributed by atoms with Gasteiger partial charge in [-0.15, -0.1) is 5.10 Å². The minimum Gasteiger partial charge on any atom is -0.362 e. The van der Waals surface area contributed by atoms with Crippen molar-refractivity contribution >= 4 is 22.4 Å². The third-order valence-corrected chi connectivity index (χ3v) is 7.06. The molecule has 32 heavy (non-hydrogen) atoms. The maximum Gasteiger partial charge on any atom is 0.157 e. The van der Waals surface area contributed by atoms with Crippen LogP contribution in [0.25, 0.3) is 10.8 Å². The number of piperazine rings is 1. The van der Waals surface area contributed by atoms with Gasteiger partial charge in [-0.3, -0.25) is 4.90 Å². The molecule has 0 amide bonds. The van der Waals surface area contributed by atoms with Crippen LogP contribution >= 0.6 is 0 Å². The maximum absolute atomic E-state index is 9.39. The van der Waals surface area contributed by atoms with Crippen molar-refractivity contribution in [3.63, 3.8) is 0 Å². The number of aryl methyl sites for hydroxylation is 1. The molecule has 5 rings (SSSR count). The van der Waals surface area contributed by atoms with Gasteiger partial charge in [-0.1, -0.05) is 12.1 Å². The predicted molar refractivity (Wildman–Crippen MR) is 127 cm³/mol. The minimum atomic E-state index is -0.0119. The van der Waals surface area contributed by atoms with Crippen molar-refractivity contribution in [3.05, 3.63) is 52.8 Å². The van der Waals surface area contributed by atoms with Crippen molar-refractivity contribution in [1.82, 2.24) is 20.1 Å². The van der Waals surface area contributed by atoms with Gasteiger partial charge in [0.05, 0.1) is 23.4 Å². The summed E-state index contributed by atoms with van der Waals surface area (Å²) in [5, 5.41) is 23.9. The second-order valence-corrected chi connectivity index (χ2v) is 9.00. The summed E-state index contributed by atoms with van der Waals surface area (Å²) >= 11 is 0. The lowest BCUT2D eigenvalue weighted by molar-refractivity contribution is 0.230. The molecule has 0 aliphatic carbocycles. The summed E-state index contributed by atoms with van der Waals surface area (Å²) in [4.78, 5) is 9.82. The Labute approximate surface area is 189 Å². The first kappa shape index (κ1) is 20.7. The summed E-state index contributed by atoms with van der Waals surface area (Å²) in [5.74, 6) is 1.76. The number of pyridine rings is 1. The average Bonchev–Trinajstić information content (AvgIpc) is 3.29. The van der Waals surface area contributed by atoms with Gasteiger partial charge < -0.3 is 10.2 Å². The number of nitrogens with one attached hydrogen (secondary N) is 1. The van der Waals surface area contributed by atoms with Crippen LogP contribution in [0.1, 0.15) is 48.2 Å². The lowest BCUT2D eigenvalue weighted by atomic mass is 9.98. The summed E-state index contributed by atoms with van der Waals surface area (Å²) in [6, 6.07) is 10.9. The lowest BCUT2D eigenvalue weighted by Gasteiger charge is -2.38. The first-order valence-corrected chi connectivity index (χ1v) is 11.4. The Bertz CT molecular complexity index is 1200. The van der Waals surface area contributed by atoms with E-state index in [1.165, 1.54) is 19.4 Å². The van der Waals surface area contributed by atoms with Gasteiger partial charge in [0.1, 0.15) is 5.82 Å². The smallest absolute Gasteiger partial charge is 0.157 e. The second-order valence-electron chi connectivity index (χ2n) is 9.00. The van der Waals surface area contributed by atoms with E-state index in [-0.39, 0.29) is 6.04 Å². The van der Waals surface area contributed by atoms with E-state index in [0.717, 1.165) is 58.9 Å².